The van der Waals surface area contributed by atoms with Gasteiger partial charge in [-0.1, -0.05) is 6.07 Å². The average Bonchev–Trinajstić information content (AvgIpc) is 2.46. The zero-order valence-corrected chi connectivity index (χ0v) is 12.9. The summed E-state index contributed by atoms with van der Waals surface area (Å²) in [7, 11) is 0.997. The number of rotatable bonds is 6. The van der Waals surface area contributed by atoms with E-state index in [1.165, 1.54) is 24.1 Å². The number of benzene rings is 1. The second kappa shape index (κ2) is 6.83. The van der Waals surface area contributed by atoms with Crippen molar-refractivity contribution in [1.82, 2.24) is 9.62 Å². The topological polar surface area (TPSA) is 75.7 Å². The van der Waals surface area contributed by atoms with Crippen molar-refractivity contribution in [3.8, 4) is 0 Å². The average molecular weight is 300 g/mol. The fourth-order valence-electron chi connectivity index (χ4n) is 1.67. The molecule has 0 aliphatic carbocycles. The van der Waals surface area contributed by atoms with Crippen molar-refractivity contribution in [3.63, 3.8) is 0 Å². The number of hydrogen-bond donors (Lipinski definition) is 1. The molecule has 6 nitrogen and oxygen atoms in total. The molecule has 0 radical (unpaired) electrons. The van der Waals surface area contributed by atoms with Gasteiger partial charge in [-0.2, -0.15) is 0 Å². The summed E-state index contributed by atoms with van der Waals surface area (Å²) in [5.74, 6) is -0.247. The minimum atomic E-state index is -3.56. The Morgan fingerprint density at radius 1 is 1.45 bits per heavy atom. The molecule has 0 saturated heterocycles. The number of sulfonamides is 1. The minimum Gasteiger partial charge on any atom is -0.383 e. The van der Waals surface area contributed by atoms with E-state index in [1.54, 1.807) is 26.3 Å². The molecule has 0 spiro atoms. The zero-order chi connectivity index (χ0) is 15.3. The Balaban J connectivity index is 3.03. The molecule has 0 bridgehead atoms. The number of carbonyl (C=O) groups is 1. The van der Waals surface area contributed by atoms with Gasteiger partial charge in [-0.3, -0.25) is 4.79 Å². The van der Waals surface area contributed by atoms with E-state index >= 15 is 0 Å². The number of carbonyl (C=O) groups excluding carboxylic acids is 1. The molecular weight excluding hydrogens is 280 g/mol. The molecule has 1 aromatic rings. The van der Waals surface area contributed by atoms with Crippen molar-refractivity contribution in [3.05, 3.63) is 29.8 Å². The number of amides is 1. The van der Waals surface area contributed by atoms with Gasteiger partial charge in [0, 0.05) is 19.7 Å². The first-order valence-corrected chi connectivity index (χ1v) is 7.61. The van der Waals surface area contributed by atoms with Crippen LogP contribution in [0.25, 0.3) is 0 Å². The van der Waals surface area contributed by atoms with Crippen molar-refractivity contribution in [2.45, 2.75) is 17.9 Å². The highest BCUT2D eigenvalue weighted by Crippen LogP contribution is 2.13. The summed E-state index contributed by atoms with van der Waals surface area (Å²) in [5, 5.41) is 0. The van der Waals surface area contributed by atoms with Crippen molar-refractivity contribution < 1.29 is 17.9 Å². The van der Waals surface area contributed by atoms with Gasteiger partial charge in [-0.15, -0.1) is 0 Å². The normalized spacial score (nSPS) is 13.0. The second-order valence-corrected chi connectivity index (χ2v) is 6.34. The summed E-state index contributed by atoms with van der Waals surface area (Å²) in [6.45, 7) is 2.27. The van der Waals surface area contributed by atoms with E-state index in [2.05, 4.69) is 4.72 Å². The molecule has 1 amide bonds. The molecule has 0 saturated carbocycles. The van der Waals surface area contributed by atoms with Gasteiger partial charge < -0.3 is 9.64 Å². The van der Waals surface area contributed by atoms with Gasteiger partial charge in [0.15, 0.2) is 0 Å². The molecule has 0 heterocycles. The molecule has 1 N–H and O–H groups in total. The fourth-order valence-corrected chi connectivity index (χ4v) is 2.45. The Bertz CT molecular complexity index is 571. The number of likely N-dealkylation sites (N-methyl/N-ethyl adjacent to an activating group) is 1. The number of nitrogens with zero attached hydrogens (tertiary/aromatic N) is 1. The van der Waals surface area contributed by atoms with Crippen LogP contribution in [0.3, 0.4) is 0 Å². The van der Waals surface area contributed by atoms with Gasteiger partial charge in [-0.05, 0) is 32.2 Å². The van der Waals surface area contributed by atoms with Crippen molar-refractivity contribution in [2.75, 3.05) is 27.8 Å². The lowest BCUT2D eigenvalue weighted by Gasteiger charge is -2.24. The Morgan fingerprint density at radius 3 is 2.65 bits per heavy atom. The third kappa shape index (κ3) is 3.78. The molecule has 1 rings (SSSR count). The molecule has 112 valence electrons. The van der Waals surface area contributed by atoms with E-state index in [-0.39, 0.29) is 16.8 Å². The zero-order valence-electron chi connectivity index (χ0n) is 12.1. The number of methoxy groups -OCH3 is 1. The van der Waals surface area contributed by atoms with E-state index < -0.39 is 10.0 Å². The fraction of sp³-hybridized carbons (Fsp3) is 0.462. The Morgan fingerprint density at radius 2 is 2.10 bits per heavy atom. The maximum Gasteiger partial charge on any atom is 0.253 e. The molecular formula is C13H20N2O4S. The van der Waals surface area contributed by atoms with E-state index in [0.29, 0.717) is 12.2 Å². The molecule has 1 unspecified atom stereocenters. The third-order valence-corrected chi connectivity index (χ3v) is 4.46. The molecule has 7 heteroatoms. The third-order valence-electron chi connectivity index (χ3n) is 3.05. The number of nitrogens with one attached hydrogen (secondary N) is 1. The predicted octanol–water partition coefficient (Wildman–Crippen LogP) is 0.702. The van der Waals surface area contributed by atoms with Gasteiger partial charge in [-0.25, -0.2) is 13.1 Å². The van der Waals surface area contributed by atoms with E-state index in [4.69, 9.17) is 4.74 Å². The van der Waals surface area contributed by atoms with E-state index in [9.17, 15) is 13.2 Å². The van der Waals surface area contributed by atoms with Crippen LogP contribution in [-0.2, 0) is 14.8 Å². The second-order valence-electron chi connectivity index (χ2n) is 4.46. The van der Waals surface area contributed by atoms with Gasteiger partial charge in [0.1, 0.15) is 0 Å². The summed E-state index contributed by atoms with van der Waals surface area (Å²) >= 11 is 0. The Kier molecular flexibility index (Phi) is 5.67. The van der Waals surface area contributed by atoms with Crippen LogP contribution in [0.4, 0.5) is 0 Å². The molecule has 0 aliphatic heterocycles. The SMILES string of the molecule is CNS(=O)(=O)c1cccc(C(=O)N(C)C(C)COC)c1. The first kappa shape index (κ1) is 16.6. The van der Waals surface area contributed by atoms with Crippen LogP contribution >= 0.6 is 0 Å². The van der Waals surface area contributed by atoms with Crippen molar-refractivity contribution >= 4 is 15.9 Å². The minimum absolute atomic E-state index is 0.0682. The standard InChI is InChI=1S/C13H20N2O4S/c1-10(9-19-4)15(3)13(16)11-6-5-7-12(8-11)20(17,18)14-2/h5-8,10,14H,9H2,1-4H3. The van der Waals surface area contributed by atoms with Gasteiger partial charge in [0.2, 0.25) is 10.0 Å². The molecule has 0 aromatic heterocycles. The molecule has 0 aliphatic rings. The van der Waals surface area contributed by atoms with E-state index in [1.807, 2.05) is 6.92 Å². The van der Waals surface area contributed by atoms with Crippen LogP contribution in [-0.4, -0.2) is 53.1 Å². The molecule has 1 aromatic carbocycles. The van der Waals surface area contributed by atoms with Crippen molar-refractivity contribution in [2.24, 2.45) is 0 Å². The molecule has 20 heavy (non-hydrogen) atoms. The quantitative estimate of drug-likeness (QED) is 0.839. The highest BCUT2D eigenvalue weighted by molar-refractivity contribution is 7.89. The molecule has 0 fully saturated rings. The van der Waals surface area contributed by atoms with Crippen LogP contribution in [0, 0.1) is 0 Å². The highest BCUT2D eigenvalue weighted by Gasteiger charge is 2.19. The molecule has 1 atom stereocenters. The Labute approximate surface area is 119 Å². The number of hydrogen-bond acceptors (Lipinski definition) is 4. The lowest BCUT2D eigenvalue weighted by atomic mass is 10.2. The summed E-state index contributed by atoms with van der Waals surface area (Å²) in [6.07, 6.45) is 0. The van der Waals surface area contributed by atoms with Crippen LogP contribution < -0.4 is 4.72 Å². The van der Waals surface area contributed by atoms with Crippen LogP contribution in [0.5, 0.6) is 0 Å². The number of ether oxygens (including phenoxy) is 1. The summed E-state index contributed by atoms with van der Waals surface area (Å²) < 4.78 is 30.7. The monoisotopic (exact) mass is 300 g/mol. The first-order valence-electron chi connectivity index (χ1n) is 6.13. The lowest BCUT2D eigenvalue weighted by molar-refractivity contribution is 0.0633. The van der Waals surface area contributed by atoms with Crippen LogP contribution in [0.1, 0.15) is 17.3 Å². The van der Waals surface area contributed by atoms with Gasteiger partial charge >= 0.3 is 0 Å². The van der Waals surface area contributed by atoms with E-state index in [0.717, 1.165) is 0 Å². The highest BCUT2D eigenvalue weighted by atomic mass is 32.2. The van der Waals surface area contributed by atoms with Gasteiger partial charge in [0.05, 0.1) is 17.5 Å². The van der Waals surface area contributed by atoms with Crippen LogP contribution in [0.15, 0.2) is 29.2 Å². The smallest absolute Gasteiger partial charge is 0.253 e. The van der Waals surface area contributed by atoms with Gasteiger partial charge in [0.25, 0.3) is 5.91 Å². The maximum atomic E-state index is 12.3. The summed E-state index contributed by atoms with van der Waals surface area (Å²) in [6, 6.07) is 5.85. The van der Waals surface area contributed by atoms with Crippen molar-refractivity contribution in [1.29, 1.82) is 0 Å². The largest absolute Gasteiger partial charge is 0.383 e. The predicted molar refractivity (Wildman–Crippen MR) is 76.1 cm³/mol. The summed E-state index contributed by atoms with van der Waals surface area (Å²) in [4.78, 5) is 13.9. The maximum absolute atomic E-state index is 12.3. The summed E-state index contributed by atoms with van der Waals surface area (Å²) in [5.41, 5.74) is 0.326. The van der Waals surface area contributed by atoms with Crippen LogP contribution in [0.2, 0.25) is 0 Å². The Hall–Kier alpha value is -1.44. The first-order chi connectivity index (χ1) is 9.33. The lowest BCUT2D eigenvalue weighted by Crippen LogP contribution is -2.37.